The fourth-order valence-electron chi connectivity index (χ4n) is 5.14. The molecule has 0 radical (unpaired) electrons. The number of aryl methyl sites for hydroxylation is 1. The van der Waals surface area contributed by atoms with Crippen LogP contribution in [0.2, 0.25) is 0 Å². The highest BCUT2D eigenvalue weighted by molar-refractivity contribution is 5.98. The third-order valence-electron chi connectivity index (χ3n) is 7.34. The van der Waals surface area contributed by atoms with Gasteiger partial charge in [-0.15, -0.1) is 0 Å². The number of ether oxygens (including phenoxy) is 2. The van der Waals surface area contributed by atoms with Crippen LogP contribution in [0.1, 0.15) is 44.3 Å². The normalized spacial score (nSPS) is 13.2. The minimum Gasteiger partial charge on any atom is -0.496 e. The van der Waals surface area contributed by atoms with Crippen LogP contribution in [0, 0.1) is 0 Å². The highest BCUT2D eigenvalue weighted by atomic mass is 16.5. The van der Waals surface area contributed by atoms with E-state index in [1.165, 1.54) is 24.3 Å². The summed E-state index contributed by atoms with van der Waals surface area (Å²) in [4.78, 5) is 31.7. The van der Waals surface area contributed by atoms with Gasteiger partial charge in [0.1, 0.15) is 17.1 Å². The summed E-state index contributed by atoms with van der Waals surface area (Å²) in [5, 5.41) is 12.1. The molecule has 1 unspecified atom stereocenters. The van der Waals surface area contributed by atoms with E-state index in [1.54, 1.807) is 44.0 Å². The number of pyridine rings is 2. The Hall–Kier alpha value is -5.50. The minimum absolute atomic E-state index is 0.0586. The number of hydrogen-bond acceptors (Lipinski definition) is 6. The fraction of sp³-hybridized carbons (Fsp3) is 0.143. The highest BCUT2D eigenvalue weighted by Crippen LogP contribution is 2.32. The number of carboxylic acid groups (broad SMARTS) is 1. The number of aromatic nitrogens is 2. The van der Waals surface area contributed by atoms with Crippen LogP contribution in [-0.2, 0) is 6.42 Å². The molecule has 0 spiro atoms. The number of carbonyl (C=O) groups is 2. The Balaban J connectivity index is 0.000000188. The molecule has 43 heavy (non-hydrogen) atoms. The molecular formula is C35H31N3O5. The van der Waals surface area contributed by atoms with E-state index in [0.29, 0.717) is 17.1 Å². The van der Waals surface area contributed by atoms with E-state index in [0.717, 1.165) is 35.1 Å². The predicted octanol–water partition coefficient (Wildman–Crippen LogP) is 6.63. The van der Waals surface area contributed by atoms with Gasteiger partial charge in [-0.3, -0.25) is 14.8 Å². The van der Waals surface area contributed by atoms with Crippen LogP contribution in [0.25, 0.3) is 22.3 Å². The molecule has 6 rings (SSSR count). The maximum absolute atomic E-state index is 12.8. The smallest absolute Gasteiger partial charge is 0.339 e. The van der Waals surface area contributed by atoms with Crippen molar-refractivity contribution >= 4 is 11.9 Å². The molecule has 0 fully saturated rings. The number of carbonyl (C=O) groups excluding carboxylic acids is 1. The van der Waals surface area contributed by atoms with E-state index in [4.69, 9.17) is 14.6 Å². The van der Waals surface area contributed by atoms with Crippen molar-refractivity contribution in [3.63, 3.8) is 0 Å². The molecule has 8 nitrogen and oxygen atoms in total. The van der Waals surface area contributed by atoms with Gasteiger partial charge in [0.05, 0.1) is 25.8 Å². The zero-order valence-electron chi connectivity index (χ0n) is 23.9. The Kier molecular flexibility index (Phi) is 9.07. The zero-order valence-corrected chi connectivity index (χ0v) is 23.9. The van der Waals surface area contributed by atoms with Gasteiger partial charge in [-0.2, -0.15) is 0 Å². The Morgan fingerprint density at radius 1 is 0.721 bits per heavy atom. The van der Waals surface area contributed by atoms with Gasteiger partial charge in [-0.25, -0.2) is 4.79 Å². The lowest BCUT2D eigenvalue weighted by molar-refractivity contribution is 0.0693. The summed E-state index contributed by atoms with van der Waals surface area (Å²) in [6, 6.07) is 26.6. The van der Waals surface area contributed by atoms with Crippen molar-refractivity contribution in [1.29, 1.82) is 0 Å². The fourth-order valence-corrected chi connectivity index (χ4v) is 5.14. The summed E-state index contributed by atoms with van der Waals surface area (Å²) >= 11 is 0. The van der Waals surface area contributed by atoms with E-state index in [2.05, 4.69) is 27.4 Å². The number of amides is 1. The van der Waals surface area contributed by atoms with Crippen molar-refractivity contribution in [3.05, 3.63) is 132 Å². The van der Waals surface area contributed by atoms with Crippen LogP contribution in [0.3, 0.4) is 0 Å². The minimum atomic E-state index is -0.997. The first-order chi connectivity index (χ1) is 21.0. The average molecular weight is 574 g/mol. The number of methoxy groups -OCH3 is 2. The molecule has 0 saturated heterocycles. The van der Waals surface area contributed by atoms with Crippen molar-refractivity contribution in [2.75, 3.05) is 14.2 Å². The molecule has 1 aliphatic rings. The van der Waals surface area contributed by atoms with Gasteiger partial charge in [0.15, 0.2) is 0 Å². The second kappa shape index (κ2) is 13.4. The first kappa shape index (κ1) is 29.0. The highest BCUT2D eigenvalue weighted by Gasteiger charge is 2.25. The molecule has 0 aliphatic heterocycles. The molecule has 2 aromatic heterocycles. The lowest BCUT2D eigenvalue weighted by atomic mass is 10.0. The molecule has 1 amide bonds. The van der Waals surface area contributed by atoms with E-state index in [-0.39, 0.29) is 17.5 Å². The van der Waals surface area contributed by atoms with E-state index in [1.807, 2.05) is 54.6 Å². The van der Waals surface area contributed by atoms with Crippen molar-refractivity contribution < 1.29 is 24.2 Å². The number of benzene rings is 3. The Bertz CT molecular complexity index is 1730. The maximum Gasteiger partial charge on any atom is 0.339 e. The third-order valence-corrected chi connectivity index (χ3v) is 7.34. The van der Waals surface area contributed by atoms with Crippen molar-refractivity contribution in [1.82, 2.24) is 15.3 Å². The van der Waals surface area contributed by atoms with Gasteiger partial charge < -0.3 is 19.9 Å². The molecule has 2 N–H and O–H groups in total. The maximum atomic E-state index is 12.8. The number of nitrogens with one attached hydrogen (secondary N) is 1. The van der Waals surface area contributed by atoms with Crippen molar-refractivity contribution in [2.45, 2.75) is 18.9 Å². The number of aromatic carboxylic acids is 1. The summed E-state index contributed by atoms with van der Waals surface area (Å²) in [5.41, 5.74) is 7.14. The van der Waals surface area contributed by atoms with Crippen LogP contribution < -0.4 is 14.8 Å². The molecule has 0 bridgehead atoms. The largest absolute Gasteiger partial charge is 0.496 e. The summed E-state index contributed by atoms with van der Waals surface area (Å²) < 4.78 is 10.6. The lowest BCUT2D eigenvalue weighted by Gasteiger charge is -2.16. The van der Waals surface area contributed by atoms with Gasteiger partial charge in [-0.05, 0) is 94.8 Å². The summed E-state index contributed by atoms with van der Waals surface area (Å²) in [5.74, 6) is -0.178. The Morgan fingerprint density at radius 3 is 1.81 bits per heavy atom. The molecular weight excluding hydrogens is 542 g/mol. The van der Waals surface area contributed by atoms with Gasteiger partial charge in [0, 0.05) is 24.8 Å². The molecule has 5 aromatic rings. The van der Waals surface area contributed by atoms with Crippen LogP contribution in [0.15, 0.2) is 110 Å². The predicted molar refractivity (Wildman–Crippen MR) is 164 cm³/mol. The SMILES string of the molecule is COc1cc(-c2ccncc2)ccc1C(=O)NC1CCc2ccccc21.COc1cc(-c2ccncc2)ccc1C(=O)O. The quantitative estimate of drug-likeness (QED) is 0.225. The van der Waals surface area contributed by atoms with Crippen LogP contribution in [0.5, 0.6) is 11.5 Å². The first-order valence-corrected chi connectivity index (χ1v) is 13.8. The monoisotopic (exact) mass is 573 g/mol. The first-order valence-electron chi connectivity index (χ1n) is 13.8. The number of hydrogen-bond donors (Lipinski definition) is 2. The number of fused-ring (bicyclic) bond motifs is 1. The van der Waals surface area contributed by atoms with Crippen LogP contribution >= 0.6 is 0 Å². The van der Waals surface area contributed by atoms with Gasteiger partial charge >= 0.3 is 5.97 Å². The molecule has 0 saturated carbocycles. The zero-order chi connectivity index (χ0) is 30.2. The summed E-state index contributed by atoms with van der Waals surface area (Å²) in [6.07, 6.45) is 8.81. The van der Waals surface area contributed by atoms with Crippen molar-refractivity contribution in [3.8, 4) is 33.8 Å². The lowest BCUT2D eigenvalue weighted by Crippen LogP contribution is -2.27. The standard InChI is InChI=1S/C22H20N2O2.C13H11NO3/c1-26-21-14-17(15-10-12-23-13-11-15)6-8-19(21)22(25)24-20-9-7-16-4-2-3-5-18(16)20;1-17-12-8-10(2-3-11(12)13(15)16)9-4-6-14-7-5-9/h2-6,8,10-14,20H,7,9H2,1H3,(H,24,25);2-8H,1H3,(H,15,16). The molecule has 1 atom stereocenters. The van der Waals surface area contributed by atoms with Gasteiger partial charge in [0.25, 0.3) is 5.91 Å². The molecule has 2 heterocycles. The molecule has 1 aliphatic carbocycles. The Labute approximate surface area is 250 Å². The van der Waals surface area contributed by atoms with E-state index < -0.39 is 5.97 Å². The third kappa shape index (κ3) is 6.70. The topological polar surface area (TPSA) is 111 Å². The molecule has 3 aromatic carbocycles. The average Bonchev–Trinajstić information content (AvgIpc) is 3.47. The second-order valence-electron chi connectivity index (χ2n) is 9.87. The summed E-state index contributed by atoms with van der Waals surface area (Å²) in [7, 11) is 3.05. The number of carboxylic acids is 1. The summed E-state index contributed by atoms with van der Waals surface area (Å²) in [6.45, 7) is 0. The van der Waals surface area contributed by atoms with Crippen LogP contribution in [0.4, 0.5) is 0 Å². The van der Waals surface area contributed by atoms with Gasteiger partial charge in [-0.1, -0.05) is 36.4 Å². The molecule has 216 valence electrons. The Morgan fingerprint density at radius 2 is 1.26 bits per heavy atom. The van der Waals surface area contributed by atoms with Crippen LogP contribution in [-0.4, -0.2) is 41.2 Å². The van der Waals surface area contributed by atoms with E-state index >= 15 is 0 Å². The molecule has 8 heteroatoms. The number of rotatable bonds is 7. The second-order valence-corrected chi connectivity index (χ2v) is 9.87. The van der Waals surface area contributed by atoms with Gasteiger partial charge in [0.2, 0.25) is 0 Å². The number of nitrogens with zero attached hydrogens (tertiary/aromatic N) is 2. The van der Waals surface area contributed by atoms with Crippen molar-refractivity contribution in [2.24, 2.45) is 0 Å². The van der Waals surface area contributed by atoms with E-state index in [9.17, 15) is 9.59 Å².